The van der Waals surface area contributed by atoms with Crippen molar-refractivity contribution in [2.45, 2.75) is 0 Å². The number of carbonyl (C=O) groups is 4. The van der Waals surface area contributed by atoms with Gasteiger partial charge in [-0.25, -0.2) is 18.9 Å². The summed E-state index contributed by atoms with van der Waals surface area (Å²) in [7, 11) is 2.60. The molecule has 1 aliphatic rings. The zero-order chi connectivity index (χ0) is 23.4. The SMILES string of the molecule is COC(=O)COc1cc(Br)c(/C=C2\C(=O)NC(=O)N(c3ccc(F)cc3)C2=O)cc1OC. The minimum absolute atomic E-state index is 0.0931. The molecule has 3 rings (SSSR count). The Labute approximate surface area is 189 Å². The standard InChI is InChI=1S/C21H16BrFN2O7/c1-30-16-8-11(15(22)9-17(16)32-10-18(26)31-2)7-14-19(27)24-21(29)25(20(14)28)13-5-3-12(23)4-6-13/h3-9H,10H2,1-2H3,(H,24,27,29)/b14-7+. The number of hydrogen-bond donors (Lipinski definition) is 1. The van der Waals surface area contributed by atoms with Gasteiger partial charge in [-0.3, -0.25) is 14.9 Å². The third kappa shape index (κ3) is 4.78. The Morgan fingerprint density at radius 2 is 1.81 bits per heavy atom. The summed E-state index contributed by atoms with van der Waals surface area (Å²) in [4.78, 5) is 49.6. The van der Waals surface area contributed by atoms with Crippen LogP contribution in [0.25, 0.3) is 6.08 Å². The van der Waals surface area contributed by atoms with E-state index in [0.717, 1.165) is 17.0 Å². The molecule has 4 amide bonds. The van der Waals surface area contributed by atoms with Crippen LogP contribution in [-0.4, -0.2) is 44.6 Å². The van der Waals surface area contributed by atoms with Gasteiger partial charge in [-0.05, 0) is 48.0 Å². The summed E-state index contributed by atoms with van der Waals surface area (Å²) in [5.74, 6) is -2.48. The number of nitrogens with zero attached hydrogens (tertiary/aromatic N) is 1. The van der Waals surface area contributed by atoms with E-state index in [2.05, 4.69) is 26.0 Å². The van der Waals surface area contributed by atoms with Gasteiger partial charge >= 0.3 is 12.0 Å². The lowest BCUT2D eigenvalue weighted by Gasteiger charge is -2.26. The van der Waals surface area contributed by atoms with E-state index in [1.807, 2.05) is 0 Å². The third-order valence-corrected chi connectivity index (χ3v) is 5.03. The molecule has 0 spiro atoms. The number of halogens is 2. The Morgan fingerprint density at radius 1 is 1.12 bits per heavy atom. The van der Waals surface area contributed by atoms with E-state index in [4.69, 9.17) is 9.47 Å². The van der Waals surface area contributed by atoms with Crippen LogP contribution in [0.3, 0.4) is 0 Å². The van der Waals surface area contributed by atoms with E-state index in [1.165, 1.54) is 44.6 Å². The van der Waals surface area contributed by atoms with Crippen molar-refractivity contribution >= 4 is 51.5 Å². The van der Waals surface area contributed by atoms with E-state index < -0.39 is 29.6 Å². The number of esters is 1. The van der Waals surface area contributed by atoms with Crippen molar-refractivity contribution in [3.8, 4) is 11.5 Å². The van der Waals surface area contributed by atoms with Crippen LogP contribution in [0.2, 0.25) is 0 Å². The second-order valence-electron chi connectivity index (χ2n) is 6.32. The maximum absolute atomic E-state index is 13.2. The number of urea groups is 1. The van der Waals surface area contributed by atoms with Crippen molar-refractivity contribution in [3.05, 3.63) is 57.8 Å². The van der Waals surface area contributed by atoms with Gasteiger partial charge in [-0.1, -0.05) is 15.9 Å². The second kappa shape index (κ2) is 9.60. The van der Waals surface area contributed by atoms with Crippen molar-refractivity contribution in [2.75, 3.05) is 25.7 Å². The van der Waals surface area contributed by atoms with Crippen LogP contribution in [0.4, 0.5) is 14.9 Å². The first kappa shape index (κ1) is 22.9. The molecule has 0 bridgehead atoms. The zero-order valence-corrected chi connectivity index (χ0v) is 18.4. The highest BCUT2D eigenvalue weighted by Crippen LogP contribution is 2.35. The van der Waals surface area contributed by atoms with E-state index in [9.17, 15) is 23.6 Å². The van der Waals surface area contributed by atoms with Crippen molar-refractivity contribution in [3.63, 3.8) is 0 Å². The molecule has 9 nitrogen and oxygen atoms in total. The van der Waals surface area contributed by atoms with Crippen LogP contribution < -0.4 is 19.7 Å². The molecule has 1 fully saturated rings. The minimum atomic E-state index is -0.952. The summed E-state index contributed by atoms with van der Waals surface area (Å²) in [5.41, 5.74) is 0.120. The van der Waals surface area contributed by atoms with E-state index >= 15 is 0 Å². The molecule has 2 aromatic rings. The molecule has 0 saturated carbocycles. The number of amides is 4. The molecule has 1 heterocycles. The molecule has 166 valence electrons. The molecular formula is C21H16BrFN2O7. The number of barbiturate groups is 1. The lowest BCUT2D eigenvalue weighted by atomic mass is 10.1. The predicted molar refractivity (Wildman–Crippen MR) is 114 cm³/mol. The molecule has 1 aliphatic heterocycles. The van der Waals surface area contributed by atoms with Crippen molar-refractivity contribution < 1.29 is 37.8 Å². The van der Waals surface area contributed by atoms with Gasteiger partial charge in [0.25, 0.3) is 11.8 Å². The summed E-state index contributed by atoms with van der Waals surface area (Å²) in [6.45, 7) is -0.352. The van der Waals surface area contributed by atoms with Crippen molar-refractivity contribution in [1.82, 2.24) is 5.32 Å². The second-order valence-corrected chi connectivity index (χ2v) is 7.18. The normalized spacial score (nSPS) is 14.9. The van der Waals surface area contributed by atoms with Crippen LogP contribution in [0.5, 0.6) is 11.5 Å². The Hall–Kier alpha value is -3.73. The summed E-state index contributed by atoms with van der Waals surface area (Å²) in [6, 6.07) is 6.67. The number of ether oxygens (including phenoxy) is 3. The van der Waals surface area contributed by atoms with Gasteiger partial charge in [-0.15, -0.1) is 0 Å². The average Bonchev–Trinajstić information content (AvgIpc) is 2.77. The third-order valence-electron chi connectivity index (χ3n) is 4.34. The Bertz CT molecular complexity index is 1130. The molecular weight excluding hydrogens is 491 g/mol. The lowest BCUT2D eigenvalue weighted by molar-refractivity contribution is -0.143. The molecule has 0 aromatic heterocycles. The first-order valence-corrected chi connectivity index (χ1v) is 9.78. The molecule has 1 saturated heterocycles. The quantitative estimate of drug-likeness (QED) is 0.364. The van der Waals surface area contributed by atoms with Gasteiger partial charge in [0.1, 0.15) is 11.4 Å². The van der Waals surface area contributed by atoms with Crippen LogP contribution in [-0.2, 0) is 19.1 Å². The van der Waals surface area contributed by atoms with Crippen LogP contribution in [0.15, 0.2) is 46.4 Å². The molecule has 32 heavy (non-hydrogen) atoms. The van der Waals surface area contributed by atoms with Gasteiger partial charge in [0, 0.05) is 4.47 Å². The Kier molecular flexibility index (Phi) is 6.89. The zero-order valence-electron chi connectivity index (χ0n) is 16.8. The molecule has 0 radical (unpaired) electrons. The maximum atomic E-state index is 13.2. The fraction of sp³-hybridized carbons (Fsp3) is 0.143. The molecule has 0 atom stereocenters. The number of rotatable bonds is 6. The highest BCUT2D eigenvalue weighted by molar-refractivity contribution is 9.10. The number of hydrogen-bond acceptors (Lipinski definition) is 7. The van der Waals surface area contributed by atoms with E-state index in [1.54, 1.807) is 0 Å². The average molecular weight is 507 g/mol. The fourth-order valence-electron chi connectivity index (χ4n) is 2.77. The van der Waals surface area contributed by atoms with Gasteiger partial charge < -0.3 is 14.2 Å². The lowest BCUT2D eigenvalue weighted by Crippen LogP contribution is -2.54. The van der Waals surface area contributed by atoms with Crippen molar-refractivity contribution in [1.29, 1.82) is 0 Å². The van der Waals surface area contributed by atoms with Crippen LogP contribution >= 0.6 is 15.9 Å². The molecule has 2 aromatic carbocycles. The maximum Gasteiger partial charge on any atom is 0.343 e. The van der Waals surface area contributed by atoms with Gasteiger partial charge in [0.15, 0.2) is 18.1 Å². The Balaban J connectivity index is 1.97. The van der Waals surface area contributed by atoms with Gasteiger partial charge in [0.2, 0.25) is 0 Å². The van der Waals surface area contributed by atoms with Gasteiger partial charge in [-0.2, -0.15) is 0 Å². The molecule has 0 aliphatic carbocycles. The molecule has 11 heteroatoms. The van der Waals surface area contributed by atoms with E-state index in [0.29, 0.717) is 10.0 Å². The fourth-order valence-corrected chi connectivity index (χ4v) is 3.20. The van der Waals surface area contributed by atoms with Crippen LogP contribution in [0.1, 0.15) is 5.56 Å². The topological polar surface area (TPSA) is 111 Å². The smallest absolute Gasteiger partial charge is 0.343 e. The summed E-state index contributed by atoms with van der Waals surface area (Å²) < 4.78 is 28.8. The van der Waals surface area contributed by atoms with Crippen LogP contribution in [0, 0.1) is 5.82 Å². The summed E-state index contributed by atoms with van der Waals surface area (Å²) in [5, 5.41) is 2.08. The first-order valence-electron chi connectivity index (χ1n) is 8.99. The highest BCUT2D eigenvalue weighted by atomic mass is 79.9. The first-order chi connectivity index (χ1) is 15.2. The molecule has 0 unspecified atom stereocenters. The number of imide groups is 2. The van der Waals surface area contributed by atoms with Crippen molar-refractivity contribution in [2.24, 2.45) is 0 Å². The molecule has 1 N–H and O–H groups in total. The predicted octanol–water partition coefficient (Wildman–Crippen LogP) is 2.82. The Morgan fingerprint density at radius 3 is 2.44 bits per heavy atom. The largest absolute Gasteiger partial charge is 0.493 e. The monoisotopic (exact) mass is 506 g/mol. The number of methoxy groups -OCH3 is 2. The number of nitrogens with one attached hydrogen (secondary N) is 1. The number of benzene rings is 2. The minimum Gasteiger partial charge on any atom is -0.493 e. The highest BCUT2D eigenvalue weighted by Gasteiger charge is 2.37. The summed E-state index contributed by atoms with van der Waals surface area (Å²) in [6.07, 6.45) is 1.26. The number of anilines is 1. The summed E-state index contributed by atoms with van der Waals surface area (Å²) >= 11 is 3.32. The number of carbonyl (C=O) groups excluding carboxylic acids is 4. The van der Waals surface area contributed by atoms with E-state index in [-0.39, 0.29) is 29.4 Å². The van der Waals surface area contributed by atoms with Gasteiger partial charge in [0.05, 0.1) is 19.9 Å².